The zero-order chi connectivity index (χ0) is 11.3. The van der Waals surface area contributed by atoms with Crippen LogP contribution in [0.3, 0.4) is 0 Å². The molecule has 2 N–H and O–H groups in total. The molecule has 1 aromatic carbocycles. The average molecular weight is 208 g/mol. The van der Waals surface area contributed by atoms with E-state index in [1.165, 1.54) is 5.98 Å². The van der Waals surface area contributed by atoms with E-state index >= 15 is 0 Å². The summed E-state index contributed by atoms with van der Waals surface area (Å²) in [6.07, 6.45) is 1.58. The monoisotopic (exact) mass is 208 g/mol. The summed E-state index contributed by atoms with van der Waals surface area (Å²) in [6, 6.07) is 5.27. The van der Waals surface area contributed by atoms with Crippen molar-refractivity contribution in [1.82, 2.24) is 0 Å². The van der Waals surface area contributed by atoms with E-state index in [1.807, 2.05) is 0 Å². The maximum Gasteiger partial charge on any atom is 0.480 e. The summed E-state index contributed by atoms with van der Waals surface area (Å²) < 4.78 is 10.1. The molecule has 0 fully saturated rings. The molecule has 4 nitrogen and oxygen atoms in total. The molecular formula is C10H13BO4. The highest BCUT2D eigenvalue weighted by atomic mass is 16.5. The van der Waals surface area contributed by atoms with Crippen molar-refractivity contribution < 1.29 is 19.5 Å². The van der Waals surface area contributed by atoms with Crippen LogP contribution in [-0.4, -0.2) is 31.4 Å². The van der Waals surface area contributed by atoms with Crippen LogP contribution in [0.25, 0.3) is 6.08 Å². The van der Waals surface area contributed by atoms with Crippen molar-refractivity contribution in [3.8, 4) is 11.5 Å². The molecule has 1 rings (SSSR count). The molecule has 0 saturated carbocycles. The highest BCUT2D eigenvalue weighted by Gasteiger charge is 2.01. The Morgan fingerprint density at radius 1 is 1.07 bits per heavy atom. The maximum atomic E-state index is 8.67. The first kappa shape index (κ1) is 11.6. The largest absolute Gasteiger partial charge is 0.497 e. The lowest BCUT2D eigenvalue weighted by molar-refractivity contribution is 0.394. The van der Waals surface area contributed by atoms with Gasteiger partial charge in [0.2, 0.25) is 0 Å². The Morgan fingerprint density at radius 3 is 2.00 bits per heavy atom. The summed E-state index contributed by atoms with van der Waals surface area (Å²) in [4.78, 5) is 0. The topological polar surface area (TPSA) is 58.9 Å². The standard InChI is InChI=1S/C10H13BO4/c1-14-9-5-8(3-4-11(12)13)6-10(7-9)15-2/h3-7,12-13H,1-2H3/b4-3+. The predicted octanol–water partition coefficient (Wildman–Crippen LogP) is 0.729. The van der Waals surface area contributed by atoms with Crippen molar-refractivity contribution in [2.24, 2.45) is 0 Å². The summed E-state index contributed by atoms with van der Waals surface area (Å²) in [5, 5.41) is 17.3. The minimum absolute atomic E-state index is 0.654. The molecule has 80 valence electrons. The summed E-state index contributed by atoms with van der Waals surface area (Å²) in [5.41, 5.74) is 0.777. The number of hydrogen-bond acceptors (Lipinski definition) is 4. The van der Waals surface area contributed by atoms with Gasteiger partial charge in [-0.1, -0.05) is 12.1 Å². The lowest BCUT2D eigenvalue weighted by Gasteiger charge is -2.05. The normalized spacial score (nSPS) is 10.4. The molecule has 0 aromatic heterocycles. The van der Waals surface area contributed by atoms with Crippen LogP contribution >= 0.6 is 0 Å². The van der Waals surface area contributed by atoms with Gasteiger partial charge in [-0.2, -0.15) is 0 Å². The van der Waals surface area contributed by atoms with Gasteiger partial charge in [0.15, 0.2) is 0 Å². The first-order chi connectivity index (χ1) is 7.15. The van der Waals surface area contributed by atoms with Gasteiger partial charge in [0, 0.05) is 6.07 Å². The molecule has 0 atom stereocenters. The molecule has 0 radical (unpaired) electrons. The predicted molar refractivity (Wildman–Crippen MR) is 58.8 cm³/mol. The smallest absolute Gasteiger partial charge is 0.480 e. The highest BCUT2D eigenvalue weighted by molar-refractivity contribution is 6.48. The van der Waals surface area contributed by atoms with Gasteiger partial charge in [-0.3, -0.25) is 0 Å². The second-order valence-corrected chi connectivity index (χ2v) is 2.92. The van der Waals surface area contributed by atoms with Crippen molar-refractivity contribution in [3.63, 3.8) is 0 Å². The first-order valence-electron chi connectivity index (χ1n) is 4.43. The molecule has 0 aliphatic rings. The van der Waals surface area contributed by atoms with Crippen molar-refractivity contribution in [2.45, 2.75) is 0 Å². The molecule has 5 heteroatoms. The molecule has 0 saturated heterocycles. The van der Waals surface area contributed by atoms with Crippen LogP contribution in [-0.2, 0) is 0 Å². The van der Waals surface area contributed by atoms with Gasteiger partial charge in [-0.05, 0) is 17.7 Å². The van der Waals surface area contributed by atoms with Crippen LogP contribution in [0.4, 0.5) is 0 Å². The van der Waals surface area contributed by atoms with E-state index in [0.717, 1.165) is 5.56 Å². The Labute approximate surface area is 88.9 Å². The maximum absolute atomic E-state index is 8.67. The van der Waals surface area contributed by atoms with Gasteiger partial charge in [-0.15, -0.1) is 0 Å². The van der Waals surface area contributed by atoms with E-state index in [4.69, 9.17) is 19.5 Å². The molecule has 1 aromatic rings. The summed E-state index contributed by atoms with van der Waals surface area (Å²) in [7, 11) is 1.66. The van der Waals surface area contributed by atoms with Crippen LogP contribution in [0.15, 0.2) is 24.2 Å². The zero-order valence-corrected chi connectivity index (χ0v) is 8.68. The van der Waals surface area contributed by atoms with Crippen LogP contribution in [0.1, 0.15) is 5.56 Å². The minimum atomic E-state index is -1.46. The van der Waals surface area contributed by atoms with Gasteiger partial charge in [0.05, 0.1) is 14.2 Å². The fourth-order valence-electron chi connectivity index (χ4n) is 1.12. The van der Waals surface area contributed by atoms with Gasteiger partial charge >= 0.3 is 7.12 Å². The van der Waals surface area contributed by atoms with E-state index in [0.29, 0.717) is 11.5 Å². The molecular weight excluding hydrogens is 195 g/mol. The molecule has 0 heterocycles. The Balaban J connectivity index is 2.96. The van der Waals surface area contributed by atoms with Gasteiger partial charge in [0.1, 0.15) is 11.5 Å². The second kappa shape index (κ2) is 5.43. The van der Waals surface area contributed by atoms with Gasteiger partial charge in [0.25, 0.3) is 0 Å². The number of benzene rings is 1. The lowest BCUT2D eigenvalue weighted by Crippen LogP contribution is -2.05. The van der Waals surface area contributed by atoms with Crippen LogP contribution < -0.4 is 9.47 Å². The third kappa shape index (κ3) is 3.65. The van der Waals surface area contributed by atoms with Crippen molar-refractivity contribution in [3.05, 3.63) is 29.7 Å². The number of methoxy groups -OCH3 is 2. The summed E-state index contributed by atoms with van der Waals surface area (Å²) in [6.45, 7) is 0. The van der Waals surface area contributed by atoms with Crippen LogP contribution in [0, 0.1) is 0 Å². The second-order valence-electron chi connectivity index (χ2n) is 2.92. The van der Waals surface area contributed by atoms with E-state index in [1.54, 1.807) is 38.5 Å². The fraction of sp³-hybridized carbons (Fsp3) is 0.200. The summed E-state index contributed by atoms with van der Waals surface area (Å²) in [5.74, 6) is 2.57. The highest BCUT2D eigenvalue weighted by Crippen LogP contribution is 2.23. The Hall–Kier alpha value is -1.46. The van der Waals surface area contributed by atoms with Crippen molar-refractivity contribution in [1.29, 1.82) is 0 Å². The Kier molecular flexibility index (Phi) is 4.21. The molecule has 0 unspecified atom stereocenters. The molecule has 0 spiro atoms. The number of hydrogen-bond donors (Lipinski definition) is 2. The van der Waals surface area contributed by atoms with E-state index in [-0.39, 0.29) is 0 Å². The van der Waals surface area contributed by atoms with Gasteiger partial charge < -0.3 is 19.5 Å². The zero-order valence-electron chi connectivity index (χ0n) is 8.68. The van der Waals surface area contributed by atoms with Crippen molar-refractivity contribution in [2.75, 3.05) is 14.2 Å². The SMILES string of the molecule is COc1cc(/C=C/B(O)O)cc(OC)c1. The first-order valence-corrected chi connectivity index (χ1v) is 4.43. The lowest BCUT2D eigenvalue weighted by atomic mass is 9.91. The number of rotatable bonds is 4. The molecule has 0 amide bonds. The number of ether oxygens (including phenoxy) is 2. The Bertz CT molecular complexity index is 327. The van der Waals surface area contributed by atoms with E-state index in [2.05, 4.69) is 0 Å². The third-order valence-electron chi connectivity index (χ3n) is 1.83. The average Bonchev–Trinajstić information content (AvgIpc) is 2.25. The van der Waals surface area contributed by atoms with Gasteiger partial charge in [-0.25, -0.2) is 0 Å². The van der Waals surface area contributed by atoms with E-state index in [9.17, 15) is 0 Å². The van der Waals surface area contributed by atoms with Crippen LogP contribution in [0.5, 0.6) is 11.5 Å². The van der Waals surface area contributed by atoms with Crippen LogP contribution in [0.2, 0.25) is 0 Å². The fourth-order valence-corrected chi connectivity index (χ4v) is 1.12. The van der Waals surface area contributed by atoms with Crippen molar-refractivity contribution >= 4 is 13.2 Å². The van der Waals surface area contributed by atoms with E-state index < -0.39 is 7.12 Å². The molecule has 0 aliphatic carbocycles. The molecule has 0 aliphatic heterocycles. The molecule has 15 heavy (non-hydrogen) atoms. The third-order valence-corrected chi connectivity index (χ3v) is 1.83. The quantitative estimate of drug-likeness (QED) is 0.716. The summed E-state index contributed by atoms with van der Waals surface area (Å²) >= 11 is 0. The Morgan fingerprint density at radius 2 is 1.60 bits per heavy atom. The molecule has 0 bridgehead atoms. The minimum Gasteiger partial charge on any atom is -0.497 e.